The maximum atomic E-state index is 5.93. The first kappa shape index (κ1) is 20.2. The van der Waals surface area contributed by atoms with Crippen molar-refractivity contribution in [2.24, 2.45) is 4.99 Å². The molecule has 6 heteroatoms. The van der Waals surface area contributed by atoms with Gasteiger partial charge >= 0.3 is 0 Å². The molecule has 0 atom stereocenters. The van der Waals surface area contributed by atoms with E-state index < -0.39 is 0 Å². The average molecular weight is 329 g/mol. The summed E-state index contributed by atoms with van der Waals surface area (Å²) >= 11 is 0. The monoisotopic (exact) mass is 328 g/mol. The maximum Gasteiger partial charge on any atom is 0.193 e. The molecule has 0 spiro atoms. The molecule has 0 aromatic rings. The average Bonchev–Trinajstić information content (AvgIpc) is 2.55. The van der Waals surface area contributed by atoms with Crippen molar-refractivity contribution < 1.29 is 9.47 Å². The lowest BCUT2D eigenvalue weighted by Gasteiger charge is -2.34. The predicted molar refractivity (Wildman–Crippen MR) is 96.2 cm³/mol. The molecule has 0 saturated carbocycles. The van der Waals surface area contributed by atoms with E-state index in [-0.39, 0.29) is 0 Å². The molecule has 136 valence electrons. The van der Waals surface area contributed by atoms with Crippen LogP contribution in [0.5, 0.6) is 0 Å². The molecule has 6 nitrogen and oxygen atoms in total. The summed E-state index contributed by atoms with van der Waals surface area (Å²) in [4.78, 5) is 9.34. The summed E-state index contributed by atoms with van der Waals surface area (Å²) < 4.78 is 11.0. The number of aliphatic imine (C=N–C) groups is 1. The Kier molecular flexibility index (Phi) is 11.0. The van der Waals surface area contributed by atoms with Crippen LogP contribution in [0, 0.1) is 0 Å². The van der Waals surface area contributed by atoms with Crippen LogP contribution in [0.1, 0.15) is 32.6 Å². The third-order valence-electron chi connectivity index (χ3n) is 3.95. The molecule has 1 fully saturated rings. The summed E-state index contributed by atoms with van der Waals surface area (Å²) in [5, 5.41) is 3.42. The number of methoxy groups -OCH3 is 1. The SMILES string of the molecule is CCNC(=NCCCN(C)C)N1CCC(OCCCOC)CC1. The summed E-state index contributed by atoms with van der Waals surface area (Å²) in [6.45, 7) is 8.64. The summed E-state index contributed by atoms with van der Waals surface area (Å²) in [6.07, 6.45) is 4.62. The third kappa shape index (κ3) is 9.13. The Morgan fingerprint density at radius 2 is 1.96 bits per heavy atom. The van der Waals surface area contributed by atoms with Gasteiger partial charge in [0.2, 0.25) is 0 Å². The molecule has 0 unspecified atom stereocenters. The van der Waals surface area contributed by atoms with Crippen molar-refractivity contribution in [2.75, 3.05) is 67.1 Å². The summed E-state index contributed by atoms with van der Waals surface area (Å²) in [7, 11) is 5.94. The second-order valence-electron chi connectivity index (χ2n) is 6.30. The number of nitrogens with one attached hydrogen (secondary N) is 1. The number of hydrogen-bond donors (Lipinski definition) is 1. The summed E-state index contributed by atoms with van der Waals surface area (Å²) in [5.74, 6) is 1.06. The second kappa shape index (κ2) is 12.6. The number of guanidine groups is 1. The molecule has 0 aliphatic carbocycles. The summed E-state index contributed by atoms with van der Waals surface area (Å²) in [6, 6.07) is 0. The molecule has 23 heavy (non-hydrogen) atoms. The lowest BCUT2D eigenvalue weighted by molar-refractivity contribution is 0.00990. The smallest absolute Gasteiger partial charge is 0.193 e. The van der Waals surface area contributed by atoms with Crippen molar-refractivity contribution in [1.29, 1.82) is 0 Å². The Labute approximate surface area is 142 Å². The zero-order chi connectivity index (χ0) is 16.9. The minimum Gasteiger partial charge on any atom is -0.385 e. The molecule has 1 aliphatic heterocycles. The van der Waals surface area contributed by atoms with Crippen molar-refractivity contribution in [3.05, 3.63) is 0 Å². The van der Waals surface area contributed by atoms with E-state index in [4.69, 9.17) is 14.5 Å². The zero-order valence-electron chi connectivity index (χ0n) is 15.5. The fourth-order valence-corrected chi connectivity index (χ4v) is 2.69. The van der Waals surface area contributed by atoms with E-state index >= 15 is 0 Å². The highest BCUT2D eigenvalue weighted by Gasteiger charge is 2.21. The Balaban J connectivity index is 2.30. The molecule has 1 aliphatic rings. The van der Waals surface area contributed by atoms with E-state index in [1.165, 1.54) is 0 Å². The van der Waals surface area contributed by atoms with Gasteiger partial charge in [-0.15, -0.1) is 0 Å². The van der Waals surface area contributed by atoms with Gasteiger partial charge in [-0.3, -0.25) is 4.99 Å². The van der Waals surface area contributed by atoms with Crippen LogP contribution in [0.2, 0.25) is 0 Å². The van der Waals surface area contributed by atoms with Crippen molar-refractivity contribution in [2.45, 2.75) is 38.7 Å². The molecule has 1 N–H and O–H groups in total. The highest BCUT2D eigenvalue weighted by atomic mass is 16.5. The van der Waals surface area contributed by atoms with Crippen LogP contribution in [-0.2, 0) is 9.47 Å². The highest BCUT2D eigenvalue weighted by molar-refractivity contribution is 5.80. The number of ether oxygens (including phenoxy) is 2. The van der Waals surface area contributed by atoms with Gasteiger partial charge in [-0.05, 0) is 53.2 Å². The Bertz CT molecular complexity index is 316. The van der Waals surface area contributed by atoms with Crippen molar-refractivity contribution >= 4 is 5.96 Å². The van der Waals surface area contributed by atoms with Crippen molar-refractivity contribution in [3.8, 4) is 0 Å². The van der Waals surface area contributed by atoms with Crippen molar-refractivity contribution in [1.82, 2.24) is 15.1 Å². The summed E-state index contributed by atoms with van der Waals surface area (Å²) in [5.41, 5.74) is 0. The molecule has 0 aromatic carbocycles. The quantitative estimate of drug-likeness (QED) is 0.373. The molecule has 0 aromatic heterocycles. The predicted octanol–water partition coefficient (Wildman–Crippen LogP) is 1.42. The van der Waals surface area contributed by atoms with E-state index in [9.17, 15) is 0 Å². The van der Waals surface area contributed by atoms with Crippen molar-refractivity contribution in [3.63, 3.8) is 0 Å². The van der Waals surface area contributed by atoms with E-state index in [2.05, 4.69) is 36.1 Å². The number of piperidine rings is 1. The van der Waals surface area contributed by atoms with Crippen LogP contribution in [0.4, 0.5) is 0 Å². The van der Waals surface area contributed by atoms with Gasteiger partial charge in [0.05, 0.1) is 6.10 Å². The standard InChI is InChI=1S/C17H36N4O2/c1-5-18-17(19-10-6-11-20(2)3)21-12-8-16(9-13-21)23-15-7-14-22-4/h16H,5-15H2,1-4H3,(H,18,19). The first-order chi connectivity index (χ1) is 11.2. The van der Waals surface area contributed by atoms with Gasteiger partial charge in [0.15, 0.2) is 5.96 Å². The van der Waals surface area contributed by atoms with Gasteiger partial charge in [-0.25, -0.2) is 0 Å². The Hall–Kier alpha value is -0.850. The number of nitrogens with zero attached hydrogens (tertiary/aromatic N) is 3. The lowest BCUT2D eigenvalue weighted by Crippen LogP contribution is -2.47. The largest absolute Gasteiger partial charge is 0.385 e. The first-order valence-corrected chi connectivity index (χ1v) is 8.96. The van der Waals surface area contributed by atoms with Crippen LogP contribution >= 0.6 is 0 Å². The van der Waals surface area contributed by atoms with Gasteiger partial charge < -0.3 is 24.6 Å². The van der Waals surface area contributed by atoms with Gasteiger partial charge in [0, 0.05) is 46.5 Å². The van der Waals surface area contributed by atoms with Gasteiger partial charge in [0.1, 0.15) is 0 Å². The van der Waals surface area contributed by atoms with Crippen LogP contribution in [0.25, 0.3) is 0 Å². The van der Waals surface area contributed by atoms with E-state index in [0.717, 1.165) is 77.6 Å². The topological polar surface area (TPSA) is 49.3 Å². The Morgan fingerprint density at radius 1 is 1.22 bits per heavy atom. The normalized spacial score (nSPS) is 17.1. The highest BCUT2D eigenvalue weighted by Crippen LogP contribution is 2.14. The van der Waals surface area contributed by atoms with E-state index in [1.54, 1.807) is 7.11 Å². The van der Waals surface area contributed by atoms with Gasteiger partial charge in [-0.2, -0.15) is 0 Å². The number of hydrogen-bond acceptors (Lipinski definition) is 4. The second-order valence-corrected chi connectivity index (χ2v) is 6.30. The minimum atomic E-state index is 0.389. The van der Waals surface area contributed by atoms with Crippen LogP contribution in [0.15, 0.2) is 4.99 Å². The number of likely N-dealkylation sites (tertiary alicyclic amines) is 1. The first-order valence-electron chi connectivity index (χ1n) is 8.96. The molecule has 0 amide bonds. The van der Waals surface area contributed by atoms with E-state index in [0.29, 0.717) is 6.10 Å². The third-order valence-corrected chi connectivity index (χ3v) is 3.95. The molecule has 0 bridgehead atoms. The molecule has 1 rings (SSSR count). The molecule has 0 radical (unpaired) electrons. The fourth-order valence-electron chi connectivity index (χ4n) is 2.69. The molecule has 1 heterocycles. The Morgan fingerprint density at radius 3 is 2.57 bits per heavy atom. The van der Waals surface area contributed by atoms with Crippen LogP contribution in [0.3, 0.4) is 0 Å². The van der Waals surface area contributed by atoms with Crippen LogP contribution in [-0.4, -0.2) is 89.0 Å². The van der Waals surface area contributed by atoms with Crippen LogP contribution < -0.4 is 5.32 Å². The van der Waals surface area contributed by atoms with E-state index in [1.807, 2.05) is 0 Å². The lowest BCUT2D eigenvalue weighted by atomic mass is 10.1. The maximum absolute atomic E-state index is 5.93. The minimum absolute atomic E-state index is 0.389. The van der Waals surface area contributed by atoms with Gasteiger partial charge in [0.25, 0.3) is 0 Å². The fraction of sp³-hybridized carbons (Fsp3) is 0.941. The molecular formula is C17H36N4O2. The molecule has 1 saturated heterocycles. The molecular weight excluding hydrogens is 292 g/mol. The number of rotatable bonds is 10. The zero-order valence-corrected chi connectivity index (χ0v) is 15.5. The van der Waals surface area contributed by atoms with Gasteiger partial charge in [-0.1, -0.05) is 0 Å².